The first kappa shape index (κ1) is 7.47. The Morgan fingerprint density at radius 3 is 3.00 bits per heavy atom. The molecule has 1 aliphatic rings. The number of pyridine rings is 1. The smallest absolute Gasteiger partial charge is 0.164 e. The summed E-state index contributed by atoms with van der Waals surface area (Å²) in [7, 11) is 0. The Kier molecular flexibility index (Phi) is 1.90. The van der Waals surface area contributed by atoms with E-state index < -0.39 is 0 Å². The lowest BCUT2D eigenvalue weighted by atomic mass is 10.1. The van der Waals surface area contributed by atoms with Gasteiger partial charge in [-0.3, -0.25) is 9.78 Å². The lowest BCUT2D eigenvalue weighted by Gasteiger charge is -2.00. The Hall–Kier alpha value is -1.18. The highest BCUT2D eigenvalue weighted by Crippen LogP contribution is 2.17. The van der Waals surface area contributed by atoms with E-state index in [-0.39, 0.29) is 5.78 Å². The fraction of sp³-hybridized carbons (Fsp3) is 0.400. The van der Waals surface area contributed by atoms with Gasteiger partial charge in [-0.15, -0.1) is 0 Å². The number of hydrogen-bond donors (Lipinski definition) is 0. The van der Waals surface area contributed by atoms with E-state index in [9.17, 15) is 4.79 Å². The van der Waals surface area contributed by atoms with Gasteiger partial charge in [-0.1, -0.05) is 0 Å². The molecule has 2 nitrogen and oxygen atoms in total. The number of rotatable bonds is 0. The van der Waals surface area contributed by atoms with Crippen LogP contribution in [0.3, 0.4) is 0 Å². The van der Waals surface area contributed by atoms with Crippen LogP contribution in [0.2, 0.25) is 0 Å². The lowest BCUT2D eigenvalue weighted by Crippen LogP contribution is -2.01. The molecule has 0 aromatic carbocycles. The van der Waals surface area contributed by atoms with Crippen molar-refractivity contribution in [2.24, 2.45) is 0 Å². The van der Waals surface area contributed by atoms with Crippen molar-refractivity contribution in [2.45, 2.75) is 25.7 Å². The molecule has 1 aliphatic carbocycles. The van der Waals surface area contributed by atoms with Gasteiger partial charge >= 0.3 is 0 Å². The summed E-state index contributed by atoms with van der Waals surface area (Å²) in [5.74, 6) is 0.260. The molecule has 0 N–H and O–H groups in total. The van der Waals surface area contributed by atoms with E-state index >= 15 is 0 Å². The maximum atomic E-state index is 11.5. The van der Waals surface area contributed by atoms with Crippen LogP contribution >= 0.6 is 0 Å². The molecule has 62 valence electrons. The number of carbonyl (C=O) groups is 1. The molecule has 2 rings (SSSR count). The highest BCUT2D eigenvalue weighted by atomic mass is 16.1. The Bertz CT molecular complexity index is 306. The maximum Gasteiger partial charge on any atom is 0.164 e. The zero-order valence-corrected chi connectivity index (χ0v) is 6.92. The van der Waals surface area contributed by atoms with Crippen LogP contribution in [0.25, 0.3) is 0 Å². The summed E-state index contributed by atoms with van der Waals surface area (Å²) in [6, 6.07) is 3.72. The number of carbonyl (C=O) groups excluding carboxylic acids is 1. The maximum absolute atomic E-state index is 11.5. The summed E-state index contributed by atoms with van der Waals surface area (Å²) in [5.41, 5.74) is 1.83. The average Bonchev–Trinajstić information content (AvgIpc) is 2.29. The van der Waals surface area contributed by atoms with Gasteiger partial charge in [0.1, 0.15) is 0 Å². The second-order valence-corrected chi connectivity index (χ2v) is 3.13. The van der Waals surface area contributed by atoms with Gasteiger partial charge in [-0.05, 0) is 31.4 Å². The first-order valence-corrected chi connectivity index (χ1v) is 4.35. The third-order valence-electron chi connectivity index (χ3n) is 2.26. The quantitative estimate of drug-likeness (QED) is 0.545. The van der Waals surface area contributed by atoms with Crippen molar-refractivity contribution in [2.75, 3.05) is 0 Å². The van der Waals surface area contributed by atoms with Gasteiger partial charge in [0.15, 0.2) is 5.78 Å². The number of aromatic nitrogens is 1. The van der Waals surface area contributed by atoms with Crippen LogP contribution in [0.1, 0.15) is 35.3 Å². The van der Waals surface area contributed by atoms with Crippen molar-refractivity contribution < 1.29 is 4.79 Å². The van der Waals surface area contributed by atoms with E-state index in [2.05, 4.69) is 4.98 Å². The molecule has 0 unspecified atom stereocenters. The van der Waals surface area contributed by atoms with Crippen molar-refractivity contribution in [1.82, 2.24) is 4.98 Å². The number of fused-ring (bicyclic) bond motifs is 1. The summed E-state index contributed by atoms with van der Waals surface area (Å²) >= 11 is 0. The van der Waals surface area contributed by atoms with E-state index in [4.69, 9.17) is 0 Å². The van der Waals surface area contributed by atoms with Crippen molar-refractivity contribution in [3.63, 3.8) is 0 Å². The molecule has 1 aromatic rings. The van der Waals surface area contributed by atoms with Crippen LogP contribution < -0.4 is 0 Å². The van der Waals surface area contributed by atoms with Gasteiger partial charge in [0.2, 0.25) is 0 Å². The zero-order chi connectivity index (χ0) is 8.39. The molecule has 0 saturated carbocycles. The van der Waals surface area contributed by atoms with Crippen molar-refractivity contribution in [3.05, 3.63) is 29.6 Å². The van der Waals surface area contributed by atoms with Gasteiger partial charge in [0.25, 0.3) is 0 Å². The van der Waals surface area contributed by atoms with Gasteiger partial charge in [0.05, 0.1) is 5.69 Å². The van der Waals surface area contributed by atoms with E-state index in [1.165, 1.54) is 0 Å². The molecule has 1 heterocycles. The standard InChI is InChI=1S/C10H11NO/c12-10-6-2-1-5-9-8(10)4-3-7-11-9/h3-4,7H,1-2,5-6H2. The molecule has 0 bridgehead atoms. The third-order valence-corrected chi connectivity index (χ3v) is 2.26. The van der Waals surface area contributed by atoms with Gasteiger partial charge in [0, 0.05) is 18.2 Å². The summed E-state index contributed by atoms with van der Waals surface area (Å²) in [4.78, 5) is 15.7. The molecule has 1 aromatic heterocycles. The van der Waals surface area contributed by atoms with Crippen LogP contribution in [0.15, 0.2) is 18.3 Å². The highest BCUT2D eigenvalue weighted by molar-refractivity contribution is 5.97. The number of ketones is 1. The van der Waals surface area contributed by atoms with Crippen LogP contribution in [-0.4, -0.2) is 10.8 Å². The Balaban J connectivity index is 2.46. The van der Waals surface area contributed by atoms with E-state index in [1.807, 2.05) is 12.1 Å². The second-order valence-electron chi connectivity index (χ2n) is 3.13. The number of aryl methyl sites for hydroxylation is 1. The molecule has 0 atom stereocenters. The molecule has 2 heteroatoms. The van der Waals surface area contributed by atoms with Crippen LogP contribution in [0.5, 0.6) is 0 Å². The highest BCUT2D eigenvalue weighted by Gasteiger charge is 2.14. The topological polar surface area (TPSA) is 30.0 Å². The largest absolute Gasteiger partial charge is 0.294 e. The van der Waals surface area contributed by atoms with E-state index in [1.54, 1.807) is 6.20 Å². The molecular formula is C10H11NO. The minimum atomic E-state index is 0.260. The fourth-order valence-electron chi connectivity index (χ4n) is 1.60. The van der Waals surface area contributed by atoms with Crippen molar-refractivity contribution in [3.8, 4) is 0 Å². The van der Waals surface area contributed by atoms with Crippen molar-refractivity contribution >= 4 is 5.78 Å². The minimum Gasteiger partial charge on any atom is -0.294 e. The summed E-state index contributed by atoms with van der Waals surface area (Å²) in [6.45, 7) is 0. The predicted octanol–water partition coefficient (Wildman–Crippen LogP) is 1.99. The van der Waals surface area contributed by atoms with E-state index in [0.717, 1.165) is 30.5 Å². The van der Waals surface area contributed by atoms with E-state index in [0.29, 0.717) is 6.42 Å². The van der Waals surface area contributed by atoms with Gasteiger partial charge < -0.3 is 0 Å². The SMILES string of the molecule is O=C1CCCCc2ncccc21. The molecule has 0 aliphatic heterocycles. The molecular weight excluding hydrogens is 150 g/mol. The Morgan fingerprint density at radius 2 is 2.08 bits per heavy atom. The molecule has 0 saturated heterocycles. The predicted molar refractivity (Wildman–Crippen MR) is 46.1 cm³/mol. The Morgan fingerprint density at radius 1 is 1.25 bits per heavy atom. The normalized spacial score (nSPS) is 16.8. The molecule has 0 amide bonds. The first-order valence-electron chi connectivity index (χ1n) is 4.35. The zero-order valence-electron chi connectivity index (χ0n) is 6.92. The number of Topliss-reactive ketones (excluding diaryl/α,β-unsaturated/α-hetero) is 1. The van der Waals surface area contributed by atoms with Crippen LogP contribution in [-0.2, 0) is 6.42 Å². The number of hydrogen-bond acceptors (Lipinski definition) is 2. The molecule has 12 heavy (non-hydrogen) atoms. The second kappa shape index (κ2) is 3.05. The fourth-order valence-corrected chi connectivity index (χ4v) is 1.60. The van der Waals surface area contributed by atoms with Gasteiger partial charge in [-0.2, -0.15) is 0 Å². The first-order chi connectivity index (χ1) is 5.88. The minimum absolute atomic E-state index is 0.260. The third kappa shape index (κ3) is 1.24. The lowest BCUT2D eigenvalue weighted by molar-refractivity contribution is 0.0981. The molecule has 0 fully saturated rings. The average molecular weight is 161 g/mol. The summed E-state index contributed by atoms with van der Waals surface area (Å²) in [6.07, 6.45) is 5.52. The molecule has 0 radical (unpaired) electrons. The monoisotopic (exact) mass is 161 g/mol. The summed E-state index contributed by atoms with van der Waals surface area (Å²) < 4.78 is 0. The number of nitrogens with zero attached hydrogens (tertiary/aromatic N) is 1. The van der Waals surface area contributed by atoms with Crippen LogP contribution in [0.4, 0.5) is 0 Å². The van der Waals surface area contributed by atoms with Crippen LogP contribution in [0, 0.1) is 0 Å². The Labute approximate surface area is 71.6 Å². The molecule has 0 spiro atoms. The van der Waals surface area contributed by atoms with Crippen molar-refractivity contribution in [1.29, 1.82) is 0 Å². The van der Waals surface area contributed by atoms with Gasteiger partial charge in [-0.25, -0.2) is 0 Å². The summed E-state index contributed by atoms with van der Waals surface area (Å²) in [5, 5.41) is 0.